The lowest BCUT2D eigenvalue weighted by atomic mass is 10.1. The van der Waals surface area contributed by atoms with Crippen LogP contribution in [0.25, 0.3) is 0 Å². The lowest BCUT2D eigenvalue weighted by Crippen LogP contribution is -2.25. The Labute approximate surface area is 108 Å². The van der Waals surface area contributed by atoms with Crippen molar-refractivity contribution in [1.82, 2.24) is 5.32 Å². The minimum atomic E-state index is 0.0719. The largest absolute Gasteiger partial charge is 0.497 e. The second-order valence-corrected chi connectivity index (χ2v) is 4.35. The van der Waals surface area contributed by atoms with E-state index in [2.05, 4.69) is 19.2 Å². The first-order chi connectivity index (χ1) is 8.58. The molecule has 1 aromatic rings. The Bertz CT molecular complexity index is 402. The van der Waals surface area contributed by atoms with Crippen molar-refractivity contribution in [2.75, 3.05) is 20.8 Å². The highest BCUT2D eigenvalue weighted by atomic mass is 16.5. The van der Waals surface area contributed by atoms with Gasteiger partial charge >= 0.3 is 0 Å². The van der Waals surface area contributed by atoms with Gasteiger partial charge in [0.15, 0.2) is 5.78 Å². The number of hydrogen-bond acceptors (Lipinski definition) is 4. The van der Waals surface area contributed by atoms with Crippen LogP contribution in [-0.2, 0) is 0 Å². The van der Waals surface area contributed by atoms with E-state index in [4.69, 9.17) is 9.47 Å². The zero-order valence-corrected chi connectivity index (χ0v) is 11.4. The maximum absolute atomic E-state index is 12.0. The van der Waals surface area contributed by atoms with E-state index < -0.39 is 0 Å². The maximum Gasteiger partial charge on any atom is 0.167 e. The first-order valence-electron chi connectivity index (χ1n) is 6.07. The van der Waals surface area contributed by atoms with Crippen molar-refractivity contribution in [2.45, 2.75) is 26.3 Å². The van der Waals surface area contributed by atoms with Crippen molar-refractivity contribution in [3.8, 4) is 11.5 Å². The molecule has 1 rings (SSSR count). The third kappa shape index (κ3) is 4.04. The van der Waals surface area contributed by atoms with Gasteiger partial charge < -0.3 is 14.8 Å². The van der Waals surface area contributed by atoms with Crippen molar-refractivity contribution < 1.29 is 14.3 Å². The van der Waals surface area contributed by atoms with Gasteiger partial charge in [-0.1, -0.05) is 13.8 Å². The van der Waals surface area contributed by atoms with E-state index in [9.17, 15) is 4.79 Å². The van der Waals surface area contributed by atoms with E-state index in [1.807, 2.05) is 0 Å². The van der Waals surface area contributed by atoms with Gasteiger partial charge in [0.1, 0.15) is 11.5 Å². The molecule has 0 unspecified atom stereocenters. The minimum absolute atomic E-state index is 0.0719. The predicted molar refractivity (Wildman–Crippen MR) is 71.6 cm³/mol. The van der Waals surface area contributed by atoms with E-state index in [0.29, 0.717) is 36.1 Å². The maximum atomic E-state index is 12.0. The summed E-state index contributed by atoms with van der Waals surface area (Å²) < 4.78 is 10.3. The van der Waals surface area contributed by atoms with Gasteiger partial charge in [-0.3, -0.25) is 4.79 Å². The van der Waals surface area contributed by atoms with E-state index >= 15 is 0 Å². The van der Waals surface area contributed by atoms with Gasteiger partial charge in [-0.2, -0.15) is 0 Å². The Hall–Kier alpha value is -1.55. The molecule has 1 aromatic carbocycles. The predicted octanol–water partition coefficient (Wildman–Crippen LogP) is 2.27. The lowest BCUT2D eigenvalue weighted by molar-refractivity contribution is 0.0979. The Morgan fingerprint density at radius 3 is 2.56 bits per heavy atom. The van der Waals surface area contributed by atoms with Crippen LogP contribution in [0.5, 0.6) is 11.5 Å². The summed E-state index contributed by atoms with van der Waals surface area (Å²) in [6, 6.07) is 5.62. The van der Waals surface area contributed by atoms with Gasteiger partial charge in [0.05, 0.1) is 19.8 Å². The molecule has 0 saturated carbocycles. The van der Waals surface area contributed by atoms with Crippen LogP contribution < -0.4 is 14.8 Å². The van der Waals surface area contributed by atoms with Crippen LogP contribution in [0.1, 0.15) is 30.6 Å². The van der Waals surface area contributed by atoms with Crippen LogP contribution in [0.4, 0.5) is 0 Å². The normalized spacial score (nSPS) is 10.5. The molecule has 1 N–H and O–H groups in total. The topological polar surface area (TPSA) is 47.6 Å². The number of nitrogens with one attached hydrogen (secondary N) is 1. The second kappa shape index (κ2) is 7.01. The van der Waals surface area contributed by atoms with Crippen LogP contribution in [-0.4, -0.2) is 32.6 Å². The van der Waals surface area contributed by atoms with Crippen LogP contribution in [0, 0.1) is 0 Å². The molecule has 4 nitrogen and oxygen atoms in total. The standard InChI is InChI=1S/C14H21NO3/c1-10(2)15-8-7-13(16)12-6-5-11(17-3)9-14(12)18-4/h5-6,9-10,15H,7-8H2,1-4H3. The molecule has 0 radical (unpaired) electrons. The number of ketones is 1. The smallest absolute Gasteiger partial charge is 0.167 e. The molecule has 100 valence electrons. The zero-order valence-electron chi connectivity index (χ0n) is 11.4. The first kappa shape index (κ1) is 14.5. The van der Waals surface area contributed by atoms with E-state index in [-0.39, 0.29) is 5.78 Å². The molecular weight excluding hydrogens is 230 g/mol. The Balaban J connectivity index is 2.72. The summed E-state index contributed by atoms with van der Waals surface area (Å²) in [5, 5.41) is 3.22. The average molecular weight is 251 g/mol. The van der Waals surface area contributed by atoms with Gasteiger partial charge in [0.2, 0.25) is 0 Å². The molecular formula is C14H21NO3. The molecule has 0 bridgehead atoms. The molecule has 0 aliphatic rings. The van der Waals surface area contributed by atoms with Gasteiger partial charge in [0.25, 0.3) is 0 Å². The van der Waals surface area contributed by atoms with E-state index in [1.165, 1.54) is 0 Å². The molecule has 0 aliphatic carbocycles. The summed E-state index contributed by atoms with van der Waals surface area (Å²) in [6.45, 7) is 4.78. The van der Waals surface area contributed by atoms with Crippen molar-refractivity contribution >= 4 is 5.78 Å². The number of benzene rings is 1. The van der Waals surface area contributed by atoms with Crippen LogP contribution in [0.15, 0.2) is 18.2 Å². The number of methoxy groups -OCH3 is 2. The third-order valence-corrected chi connectivity index (χ3v) is 2.61. The molecule has 0 spiro atoms. The average Bonchev–Trinajstić information content (AvgIpc) is 2.37. The molecule has 0 atom stereocenters. The quantitative estimate of drug-likeness (QED) is 0.755. The van der Waals surface area contributed by atoms with Crippen molar-refractivity contribution in [2.24, 2.45) is 0 Å². The molecule has 0 fully saturated rings. The Morgan fingerprint density at radius 2 is 2.00 bits per heavy atom. The first-order valence-corrected chi connectivity index (χ1v) is 6.07. The number of ether oxygens (including phenoxy) is 2. The van der Waals surface area contributed by atoms with Gasteiger partial charge in [-0.25, -0.2) is 0 Å². The van der Waals surface area contributed by atoms with Crippen LogP contribution in [0.3, 0.4) is 0 Å². The SMILES string of the molecule is COc1ccc(C(=O)CCNC(C)C)c(OC)c1. The Kier molecular flexibility index (Phi) is 5.65. The third-order valence-electron chi connectivity index (χ3n) is 2.61. The highest BCUT2D eigenvalue weighted by molar-refractivity contribution is 5.99. The highest BCUT2D eigenvalue weighted by Crippen LogP contribution is 2.25. The summed E-state index contributed by atoms with van der Waals surface area (Å²) in [5.41, 5.74) is 0.601. The fraction of sp³-hybridized carbons (Fsp3) is 0.500. The molecule has 0 aromatic heterocycles. The summed E-state index contributed by atoms with van der Waals surface area (Å²) in [5.74, 6) is 1.32. The number of rotatable bonds is 7. The van der Waals surface area contributed by atoms with Crippen molar-refractivity contribution in [1.29, 1.82) is 0 Å². The summed E-state index contributed by atoms with van der Waals surface area (Å²) in [7, 11) is 3.14. The lowest BCUT2D eigenvalue weighted by Gasteiger charge is -2.11. The van der Waals surface area contributed by atoms with Gasteiger partial charge in [-0.05, 0) is 12.1 Å². The molecule has 4 heteroatoms. The molecule has 18 heavy (non-hydrogen) atoms. The number of hydrogen-bond donors (Lipinski definition) is 1. The fourth-order valence-corrected chi connectivity index (χ4v) is 1.64. The molecule has 0 saturated heterocycles. The summed E-state index contributed by atoms with van der Waals surface area (Å²) in [4.78, 5) is 12.0. The highest BCUT2D eigenvalue weighted by Gasteiger charge is 2.12. The van der Waals surface area contributed by atoms with E-state index in [0.717, 1.165) is 0 Å². The van der Waals surface area contributed by atoms with Crippen LogP contribution in [0.2, 0.25) is 0 Å². The zero-order chi connectivity index (χ0) is 13.5. The fourth-order valence-electron chi connectivity index (χ4n) is 1.64. The van der Waals surface area contributed by atoms with Crippen molar-refractivity contribution in [3.05, 3.63) is 23.8 Å². The van der Waals surface area contributed by atoms with Gasteiger partial charge in [-0.15, -0.1) is 0 Å². The van der Waals surface area contributed by atoms with E-state index in [1.54, 1.807) is 32.4 Å². The molecule has 0 aliphatic heterocycles. The Morgan fingerprint density at radius 1 is 1.28 bits per heavy atom. The van der Waals surface area contributed by atoms with Gasteiger partial charge in [0, 0.05) is 25.1 Å². The molecule has 0 heterocycles. The van der Waals surface area contributed by atoms with Crippen molar-refractivity contribution in [3.63, 3.8) is 0 Å². The molecule has 0 amide bonds. The summed E-state index contributed by atoms with van der Waals surface area (Å²) >= 11 is 0. The monoisotopic (exact) mass is 251 g/mol. The van der Waals surface area contributed by atoms with Crippen LogP contribution >= 0.6 is 0 Å². The number of carbonyl (C=O) groups excluding carboxylic acids is 1. The number of carbonyl (C=O) groups is 1. The number of Topliss-reactive ketones (excluding diaryl/α,β-unsaturated/α-hetero) is 1. The minimum Gasteiger partial charge on any atom is -0.497 e. The second-order valence-electron chi connectivity index (χ2n) is 4.35. The summed E-state index contributed by atoms with van der Waals surface area (Å²) in [6.07, 6.45) is 0.459.